The Morgan fingerprint density at radius 1 is 1.20 bits per heavy atom. The van der Waals surface area contributed by atoms with Gasteiger partial charge in [0.1, 0.15) is 23.9 Å². The largest absolute Gasteiger partial charge is 0.497 e. The number of hydrogen-bond acceptors (Lipinski definition) is 4. The second-order valence-electron chi connectivity index (χ2n) is 4.32. The lowest BCUT2D eigenvalue weighted by molar-refractivity contribution is 0.307. The van der Waals surface area contributed by atoms with Crippen molar-refractivity contribution in [1.29, 1.82) is 5.41 Å². The van der Waals surface area contributed by atoms with Crippen LogP contribution in [-0.2, 0) is 13.0 Å². The zero-order valence-electron chi connectivity index (χ0n) is 11.6. The maximum atomic E-state index is 7.50. The summed E-state index contributed by atoms with van der Waals surface area (Å²) >= 11 is 1.75. The molecule has 0 aliphatic heterocycles. The van der Waals surface area contributed by atoms with Crippen molar-refractivity contribution < 1.29 is 9.47 Å². The minimum absolute atomic E-state index is 0.00172. The molecule has 1 aromatic carbocycles. The van der Waals surface area contributed by atoms with E-state index < -0.39 is 0 Å². The number of nitrogens with two attached hydrogens (primary N) is 1. The molecule has 0 fully saturated rings. The molecule has 0 amide bonds. The lowest BCUT2D eigenvalue weighted by Gasteiger charge is -2.09. The van der Waals surface area contributed by atoms with Crippen LogP contribution in [0, 0.1) is 5.41 Å². The molecule has 0 saturated heterocycles. The summed E-state index contributed by atoms with van der Waals surface area (Å²) in [5.41, 5.74) is 6.11. The molecule has 0 atom stereocenters. The van der Waals surface area contributed by atoms with Gasteiger partial charge < -0.3 is 15.2 Å². The molecule has 106 valence electrons. The standard InChI is InChI=1S/C15H18N2O2S/c1-3-13-4-5-14(20-13)9-19-12-7-10(15(16)17)6-11(8-12)18-2/h4-8H,3,9H2,1-2H3,(H3,16,17). The zero-order valence-corrected chi connectivity index (χ0v) is 12.4. The molecular formula is C15H18N2O2S. The van der Waals surface area contributed by atoms with Gasteiger partial charge in [0.2, 0.25) is 0 Å². The lowest BCUT2D eigenvalue weighted by Crippen LogP contribution is -2.11. The summed E-state index contributed by atoms with van der Waals surface area (Å²) in [5, 5.41) is 7.50. The normalized spacial score (nSPS) is 10.3. The maximum Gasteiger partial charge on any atom is 0.124 e. The molecule has 20 heavy (non-hydrogen) atoms. The van der Waals surface area contributed by atoms with Gasteiger partial charge in [-0.25, -0.2) is 0 Å². The van der Waals surface area contributed by atoms with Gasteiger partial charge in [-0.3, -0.25) is 5.41 Å². The number of amidine groups is 1. The van der Waals surface area contributed by atoms with E-state index in [9.17, 15) is 0 Å². The summed E-state index contributed by atoms with van der Waals surface area (Å²) in [5.74, 6) is 1.28. The average molecular weight is 290 g/mol. The molecule has 0 aliphatic rings. The van der Waals surface area contributed by atoms with E-state index in [0.29, 0.717) is 23.7 Å². The molecule has 3 N–H and O–H groups in total. The van der Waals surface area contributed by atoms with E-state index in [-0.39, 0.29) is 5.84 Å². The number of hydrogen-bond donors (Lipinski definition) is 2. The monoisotopic (exact) mass is 290 g/mol. The average Bonchev–Trinajstić information content (AvgIpc) is 2.92. The summed E-state index contributed by atoms with van der Waals surface area (Å²) < 4.78 is 11.0. The summed E-state index contributed by atoms with van der Waals surface area (Å²) in [7, 11) is 1.58. The Labute approximate surface area is 122 Å². The van der Waals surface area contributed by atoms with Crippen LogP contribution in [0.2, 0.25) is 0 Å². The Balaban J connectivity index is 2.12. The predicted molar refractivity (Wildman–Crippen MR) is 82.0 cm³/mol. The number of aryl methyl sites for hydroxylation is 1. The minimum atomic E-state index is -0.00172. The molecule has 0 radical (unpaired) electrons. The van der Waals surface area contributed by atoms with Gasteiger partial charge >= 0.3 is 0 Å². The smallest absolute Gasteiger partial charge is 0.124 e. The van der Waals surface area contributed by atoms with Gasteiger partial charge in [-0.1, -0.05) is 6.92 Å². The van der Waals surface area contributed by atoms with E-state index in [1.807, 2.05) is 0 Å². The van der Waals surface area contributed by atoms with Crippen molar-refractivity contribution in [3.05, 3.63) is 45.6 Å². The van der Waals surface area contributed by atoms with E-state index >= 15 is 0 Å². The van der Waals surface area contributed by atoms with E-state index in [0.717, 1.165) is 6.42 Å². The third-order valence-electron chi connectivity index (χ3n) is 2.87. The fourth-order valence-corrected chi connectivity index (χ4v) is 2.64. The molecule has 4 nitrogen and oxygen atoms in total. The van der Waals surface area contributed by atoms with E-state index in [1.54, 1.807) is 36.6 Å². The molecule has 2 rings (SSSR count). The topological polar surface area (TPSA) is 68.3 Å². The third kappa shape index (κ3) is 3.51. The van der Waals surface area contributed by atoms with Crippen LogP contribution in [-0.4, -0.2) is 12.9 Å². The van der Waals surface area contributed by atoms with Crippen molar-refractivity contribution in [3.8, 4) is 11.5 Å². The highest BCUT2D eigenvalue weighted by atomic mass is 32.1. The fourth-order valence-electron chi connectivity index (χ4n) is 1.77. The molecule has 0 aliphatic carbocycles. The Kier molecular flexibility index (Phi) is 4.63. The molecular weight excluding hydrogens is 272 g/mol. The summed E-state index contributed by atoms with van der Waals surface area (Å²) in [6.07, 6.45) is 1.04. The molecule has 1 aromatic heterocycles. The van der Waals surface area contributed by atoms with E-state index in [4.69, 9.17) is 20.6 Å². The van der Waals surface area contributed by atoms with Gasteiger partial charge in [0.15, 0.2) is 0 Å². The molecule has 1 heterocycles. The van der Waals surface area contributed by atoms with Gasteiger partial charge in [-0.15, -0.1) is 11.3 Å². The van der Waals surface area contributed by atoms with Crippen LogP contribution in [0.15, 0.2) is 30.3 Å². The number of nitrogen functional groups attached to an aromatic ring is 1. The number of benzene rings is 1. The molecule has 0 unspecified atom stereocenters. The Morgan fingerprint density at radius 3 is 2.50 bits per heavy atom. The van der Waals surface area contributed by atoms with Crippen molar-refractivity contribution in [1.82, 2.24) is 0 Å². The van der Waals surface area contributed by atoms with Crippen molar-refractivity contribution in [3.63, 3.8) is 0 Å². The van der Waals surface area contributed by atoms with Crippen LogP contribution in [0.1, 0.15) is 22.2 Å². The summed E-state index contributed by atoms with van der Waals surface area (Å²) in [6.45, 7) is 2.65. The second kappa shape index (κ2) is 6.43. The highest BCUT2D eigenvalue weighted by Gasteiger charge is 2.06. The van der Waals surface area contributed by atoms with Gasteiger partial charge in [-0.05, 0) is 30.7 Å². The second-order valence-corrected chi connectivity index (χ2v) is 5.57. The highest BCUT2D eigenvalue weighted by Crippen LogP contribution is 2.25. The molecule has 2 aromatic rings. The van der Waals surface area contributed by atoms with Crippen LogP contribution in [0.25, 0.3) is 0 Å². The lowest BCUT2D eigenvalue weighted by atomic mass is 10.2. The first-order valence-corrected chi connectivity index (χ1v) is 7.18. The van der Waals surface area contributed by atoms with Crippen LogP contribution in [0.4, 0.5) is 0 Å². The van der Waals surface area contributed by atoms with E-state index in [1.165, 1.54) is 9.75 Å². The number of thiophene rings is 1. The predicted octanol–water partition coefficient (Wildman–Crippen LogP) is 3.18. The van der Waals surface area contributed by atoms with Crippen molar-refractivity contribution in [2.75, 3.05) is 7.11 Å². The van der Waals surface area contributed by atoms with E-state index in [2.05, 4.69) is 19.1 Å². The quantitative estimate of drug-likeness (QED) is 0.634. The molecule has 0 spiro atoms. The van der Waals surface area contributed by atoms with Gasteiger partial charge in [0.25, 0.3) is 0 Å². The van der Waals surface area contributed by atoms with Crippen molar-refractivity contribution in [2.24, 2.45) is 5.73 Å². The zero-order chi connectivity index (χ0) is 14.5. The first kappa shape index (κ1) is 14.4. The van der Waals surface area contributed by atoms with Gasteiger partial charge in [-0.2, -0.15) is 0 Å². The minimum Gasteiger partial charge on any atom is -0.497 e. The molecule has 0 saturated carbocycles. The Hall–Kier alpha value is -2.01. The molecule has 5 heteroatoms. The van der Waals surface area contributed by atoms with Gasteiger partial charge in [0, 0.05) is 21.4 Å². The van der Waals surface area contributed by atoms with Crippen LogP contribution < -0.4 is 15.2 Å². The highest BCUT2D eigenvalue weighted by molar-refractivity contribution is 7.11. The molecule has 0 bridgehead atoms. The Morgan fingerprint density at radius 2 is 1.90 bits per heavy atom. The third-order valence-corrected chi connectivity index (χ3v) is 4.08. The van der Waals surface area contributed by atoms with Crippen LogP contribution in [0.3, 0.4) is 0 Å². The maximum absolute atomic E-state index is 7.50. The fraction of sp³-hybridized carbons (Fsp3) is 0.267. The first-order chi connectivity index (χ1) is 9.62. The van der Waals surface area contributed by atoms with Gasteiger partial charge in [0.05, 0.1) is 7.11 Å². The number of methoxy groups -OCH3 is 1. The van der Waals surface area contributed by atoms with Crippen LogP contribution >= 0.6 is 11.3 Å². The van der Waals surface area contributed by atoms with Crippen LogP contribution in [0.5, 0.6) is 11.5 Å². The number of nitrogens with one attached hydrogen (secondary N) is 1. The number of ether oxygens (including phenoxy) is 2. The summed E-state index contributed by atoms with van der Waals surface area (Å²) in [4.78, 5) is 2.52. The van der Waals surface area contributed by atoms with Crippen molar-refractivity contribution >= 4 is 17.2 Å². The Bertz CT molecular complexity index is 608. The summed E-state index contributed by atoms with van der Waals surface area (Å²) in [6, 6.07) is 9.46. The SMILES string of the molecule is CCc1ccc(COc2cc(OC)cc(C(=N)N)c2)s1. The first-order valence-electron chi connectivity index (χ1n) is 6.36. The number of rotatable bonds is 6. The van der Waals surface area contributed by atoms with Crippen molar-refractivity contribution in [2.45, 2.75) is 20.0 Å².